The van der Waals surface area contributed by atoms with Crippen molar-refractivity contribution in [2.45, 2.75) is 58.0 Å². The fourth-order valence-electron chi connectivity index (χ4n) is 4.11. The van der Waals surface area contributed by atoms with Gasteiger partial charge in [0.2, 0.25) is 0 Å². The fourth-order valence-corrected chi connectivity index (χ4v) is 4.76. The van der Waals surface area contributed by atoms with Crippen LogP contribution in [0.4, 0.5) is 0 Å². The molecule has 0 saturated carbocycles. The number of fused-ring (bicyclic) bond motifs is 1. The fraction of sp³-hybridized carbons (Fsp3) is 0.542. The van der Waals surface area contributed by atoms with Crippen molar-refractivity contribution in [3.05, 3.63) is 34.2 Å². The Morgan fingerprint density at radius 3 is 2.50 bits per heavy atom. The number of rotatable bonds is 8. The number of sulfone groups is 1. The third kappa shape index (κ3) is 4.61. The highest BCUT2D eigenvalue weighted by Gasteiger charge is 2.33. The molecule has 1 aliphatic rings. The molecule has 184 valence electrons. The molecule has 1 N–H and O–H groups in total. The Bertz CT molecular complexity index is 1370. The van der Waals surface area contributed by atoms with Crippen molar-refractivity contribution in [1.82, 2.24) is 24.6 Å². The minimum atomic E-state index is -3.46. The number of benzene rings is 1. The van der Waals surface area contributed by atoms with Gasteiger partial charge >= 0.3 is 0 Å². The molecule has 4 rings (SSSR count). The largest absolute Gasteiger partial charge is 0.493 e. The molecule has 0 aliphatic carbocycles. The van der Waals surface area contributed by atoms with Gasteiger partial charge in [-0.3, -0.25) is 14.4 Å². The first kappa shape index (κ1) is 24.4. The summed E-state index contributed by atoms with van der Waals surface area (Å²) in [6, 6.07) is 5.21. The molecule has 9 nitrogen and oxygen atoms in total. The van der Waals surface area contributed by atoms with Crippen LogP contribution < -0.4 is 10.3 Å². The van der Waals surface area contributed by atoms with E-state index in [2.05, 4.69) is 23.7 Å². The predicted molar refractivity (Wildman–Crippen MR) is 132 cm³/mol. The van der Waals surface area contributed by atoms with Crippen LogP contribution in [0.1, 0.15) is 46.4 Å². The summed E-state index contributed by atoms with van der Waals surface area (Å²) in [4.78, 5) is 23.4. The van der Waals surface area contributed by atoms with Gasteiger partial charge in [-0.1, -0.05) is 20.8 Å². The van der Waals surface area contributed by atoms with Crippen molar-refractivity contribution in [2.24, 2.45) is 5.92 Å². The van der Waals surface area contributed by atoms with Crippen LogP contribution in [0, 0.1) is 5.92 Å². The van der Waals surface area contributed by atoms with Crippen molar-refractivity contribution in [3.63, 3.8) is 0 Å². The van der Waals surface area contributed by atoms with E-state index in [1.807, 2.05) is 25.5 Å². The molecule has 3 aromatic rings. The number of nitrogens with one attached hydrogen (secondary N) is 1. The van der Waals surface area contributed by atoms with E-state index in [1.54, 1.807) is 6.07 Å². The lowest BCUT2D eigenvalue weighted by Crippen LogP contribution is -2.51. The Morgan fingerprint density at radius 2 is 1.91 bits per heavy atom. The Balaban J connectivity index is 1.85. The minimum Gasteiger partial charge on any atom is -0.493 e. The van der Waals surface area contributed by atoms with Gasteiger partial charge in [0.25, 0.3) is 5.56 Å². The lowest BCUT2D eigenvalue weighted by Gasteiger charge is -2.42. The quantitative estimate of drug-likeness (QED) is 0.520. The van der Waals surface area contributed by atoms with Gasteiger partial charge in [0, 0.05) is 25.4 Å². The molecule has 1 aromatic carbocycles. The zero-order chi connectivity index (χ0) is 24.8. The molecule has 1 aliphatic heterocycles. The van der Waals surface area contributed by atoms with E-state index in [0.29, 0.717) is 41.4 Å². The van der Waals surface area contributed by atoms with E-state index in [1.165, 1.54) is 12.1 Å². The smallest absolute Gasteiger partial charge is 0.277 e. The summed E-state index contributed by atoms with van der Waals surface area (Å²) in [5, 5.41) is 4.74. The molecule has 0 spiro atoms. The van der Waals surface area contributed by atoms with Gasteiger partial charge in [0.15, 0.2) is 15.4 Å². The van der Waals surface area contributed by atoms with Gasteiger partial charge in [0.1, 0.15) is 17.1 Å². The normalized spacial score (nSPS) is 15.4. The van der Waals surface area contributed by atoms with Gasteiger partial charge in [0.05, 0.1) is 28.8 Å². The zero-order valence-corrected chi connectivity index (χ0v) is 21.4. The lowest BCUT2D eigenvalue weighted by atomic mass is 10.1. The molecule has 0 atom stereocenters. The van der Waals surface area contributed by atoms with Gasteiger partial charge in [-0.2, -0.15) is 5.10 Å². The minimum absolute atomic E-state index is 0.123. The van der Waals surface area contributed by atoms with Crippen LogP contribution in [0.25, 0.3) is 22.4 Å². The summed E-state index contributed by atoms with van der Waals surface area (Å²) in [5.74, 6) is 1.02. The van der Waals surface area contributed by atoms with E-state index in [4.69, 9.17) is 14.8 Å². The van der Waals surface area contributed by atoms with Gasteiger partial charge < -0.3 is 9.72 Å². The van der Waals surface area contributed by atoms with Crippen LogP contribution in [0.3, 0.4) is 0 Å². The number of likely N-dealkylation sites (tertiary alicyclic amines) is 1. The molecule has 0 bridgehead atoms. The van der Waals surface area contributed by atoms with Crippen molar-refractivity contribution >= 4 is 20.9 Å². The van der Waals surface area contributed by atoms with Gasteiger partial charge in [-0.25, -0.2) is 13.4 Å². The Morgan fingerprint density at radius 1 is 1.21 bits per heavy atom. The molecule has 0 unspecified atom stereocenters. The Labute approximate surface area is 200 Å². The predicted octanol–water partition coefficient (Wildman–Crippen LogP) is 3.05. The molecule has 3 heterocycles. The number of hydrogen-bond donors (Lipinski definition) is 1. The van der Waals surface area contributed by atoms with Crippen molar-refractivity contribution in [3.8, 4) is 17.1 Å². The molecule has 0 radical (unpaired) electrons. The number of aromatic amines is 1. The van der Waals surface area contributed by atoms with Crippen LogP contribution in [0.5, 0.6) is 5.75 Å². The highest BCUT2D eigenvalue weighted by Crippen LogP contribution is 2.32. The van der Waals surface area contributed by atoms with Gasteiger partial charge in [-0.15, -0.1) is 0 Å². The molecular formula is C24H33N5O4S. The first-order chi connectivity index (χ1) is 16.0. The van der Waals surface area contributed by atoms with Crippen LogP contribution >= 0.6 is 0 Å². The van der Waals surface area contributed by atoms with E-state index in [9.17, 15) is 13.2 Å². The zero-order valence-electron chi connectivity index (χ0n) is 20.6. The molecule has 2 aromatic heterocycles. The molecule has 10 heteroatoms. The van der Waals surface area contributed by atoms with Crippen LogP contribution in [0.15, 0.2) is 27.9 Å². The van der Waals surface area contributed by atoms with Crippen molar-refractivity contribution in [1.29, 1.82) is 0 Å². The lowest BCUT2D eigenvalue weighted by molar-refractivity contribution is 0.0697. The SMILES string of the molecule is CCc1nn(C2CN(C(C)C)C2)c2c(=O)[nH]c(-c3cc(S(C)(=O)=O)ccc3OCC(C)C)nc12. The number of aromatic nitrogens is 4. The molecule has 1 fully saturated rings. The molecular weight excluding hydrogens is 454 g/mol. The third-order valence-corrected chi connectivity index (χ3v) is 7.24. The number of ether oxygens (including phenoxy) is 1. The summed E-state index contributed by atoms with van der Waals surface area (Å²) in [7, 11) is -3.46. The number of hydrogen-bond acceptors (Lipinski definition) is 7. The van der Waals surface area contributed by atoms with E-state index in [0.717, 1.165) is 25.0 Å². The second kappa shape index (κ2) is 9.14. The van der Waals surface area contributed by atoms with Crippen LogP contribution in [-0.2, 0) is 16.3 Å². The van der Waals surface area contributed by atoms with E-state index >= 15 is 0 Å². The monoisotopic (exact) mass is 487 g/mol. The maximum Gasteiger partial charge on any atom is 0.277 e. The first-order valence-corrected chi connectivity index (χ1v) is 13.6. The summed E-state index contributed by atoms with van der Waals surface area (Å²) in [5.41, 5.74) is 1.89. The van der Waals surface area contributed by atoms with Crippen LogP contribution in [0.2, 0.25) is 0 Å². The average Bonchev–Trinajstić information content (AvgIpc) is 3.08. The number of nitrogens with zero attached hydrogens (tertiary/aromatic N) is 4. The van der Waals surface area contributed by atoms with Crippen LogP contribution in [-0.4, -0.2) is 65.1 Å². The molecule has 0 amide bonds. The van der Waals surface area contributed by atoms with E-state index in [-0.39, 0.29) is 28.2 Å². The van der Waals surface area contributed by atoms with Gasteiger partial charge in [-0.05, 0) is 44.4 Å². The highest BCUT2D eigenvalue weighted by molar-refractivity contribution is 7.90. The Kier molecular flexibility index (Phi) is 6.56. The highest BCUT2D eigenvalue weighted by atomic mass is 32.2. The summed E-state index contributed by atoms with van der Waals surface area (Å²) >= 11 is 0. The summed E-state index contributed by atoms with van der Waals surface area (Å²) in [6.45, 7) is 12.5. The number of aryl methyl sites for hydroxylation is 1. The molecule has 1 saturated heterocycles. The first-order valence-electron chi connectivity index (χ1n) is 11.7. The van der Waals surface area contributed by atoms with E-state index < -0.39 is 9.84 Å². The van der Waals surface area contributed by atoms with Crippen molar-refractivity contribution in [2.75, 3.05) is 26.0 Å². The standard InChI is InChI=1S/C24H33N5O4S/c1-7-19-21-22(29(27-19)16-11-28(12-16)15(4)5)24(30)26-23(25-21)18-10-17(34(6,31)32)8-9-20(18)33-13-14(2)3/h8-10,14-16H,7,11-13H2,1-6H3,(H,25,26,30). The maximum atomic E-state index is 13.3. The second-order valence-corrected chi connectivity index (χ2v) is 11.7. The summed E-state index contributed by atoms with van der Waals surface area (Å²) < 4.78 is 32.2. The second-order valence-electron chi connectivity index (χ2n) is 9.69. The third-order valence-electron chi connectivity index (χ3n) is 6.13. The maximum absolute atomic E-state index is 13.3. The molecule has 34 heavy (non-hydrogen) atoms. The average molecular weight is 488 g/mol. The Hall–Kier alpha value is -2.72. The summed E-state index contributed by atoms with van der Waals surface area (Å²) in [6.07, 6.45) is 1.78. The van der Waals surface area contributed by atoms with Crippen molar-refractivity contribution < 1.29 is 13.2 Å². The number of H-pyrrole nitrogens is 1. The topological polar surface area (TPSA) is 110 Å².